The lowest BCUT2D eigenvalue weighted by atomic mass is 9.95. The SMILES string of the molecule is CCC1CC1N1C(=O)NC(=O)C(c2cccc(Cl)c2)C1=O. The van der Waals surface area contributed by atoms with Crippen molar-refractivity contribution in [2.75, 3.05) is 0 Å². The summed E-state index contributed by atoms with van der Waals surface area (Å²) >= 11 is 5.92. The topological polar surface area (TPSA) is 66.5 Å². The maximum atomic E-state index is 12.6. The highest BCUT2D eigenvalue weighted by Crippen LogP contribution is 2.40. The van der Waals surface area contributed by atoms with Crippen LogP contribution in [0, 0.1) is 5.92 Å². The summed E-state index contributed by atoms with van der Waals surface area (Å²) in [7, 11) is 0. The zero-order chi connectivity index (χ0) is 15.1. The summed E-state index contributed by atoms with van der Waals surface area (Å²) in [4.78, 5) is 37.8. The van der Waals surface area contributed by atoms with Crippen LogP contribution in [0.5, 0.6) is 0 Å². The number of rotatable bonds is 3. The van der Waals surface area contributed by atoms with Crippen LogP contribution in [0.3, 0.4) is 0 Å². The molecule has 1 saturated carbocycles. The molecule has 1 aliphatic heterocycles. The second-order valence-electron chi connectivity index (χ2n) is 5.46. The molecule has 1 aliphatic carbocycles. The van der Waals surface area contributed by atoms with Gasteiger partial charge in [0.15, 0.2) is 0 Å². The van der Waals surface area contributed by atoms with E-state index in [0.29, 0.717) is 16.5 Å². The largest absolute Gasteiger partial charge is 0.331 e. The van der Waals surface area contributed by atoms with Crippen molar-refractivity contribution >= 4 is 29.4 Å². The third kappa shape index (κ3) is 2.42. The molecule has 1 aromatic carbocycles. The number of benzene rings is 1. The van der Waals surface area contributed by atoms with Gasteiger partial charge in [0.25, 0.3) is 0 Å². The van der Waals surface area contributed by atoms with E-state index in [0.717, 1.165) is 12.8 Å². The fourth-order valence-corrected chi connectivity index (χ4v) is 3.07. The standard InChI is InChI=1S/C15H15ClN2O3/c1-2-8-7-11(8)18-14(20)12(13(19)17-15(18)21)9-4-3-5-10(16)6-9/h3-6,8,11-12H,2,7H2,1H3,(H,17,19,21). The van der Waals surface area contributed by atoms with Crippen molar-refractivity contribution < 1.29 is 14.4 Å². The number of barbiturate groups is 1. The lowest BCUT2D eigenvalue weighted by Gasteiger charge is -2.30. The predicted molar refractivity (Wildman–Crippen MR) is 76.8 cm³/mol. The van der Waals surface area contributed by atoms with Crippen molar-refractivity contribution in [3.05, 3.63) is 34.9 Å². The molecule has 1 heterocycles. The maximum absolute atomic E-state index is 12.6. The number of nitrogens with zero attached hydrogens (tertiary/aromatic N) is 1. The molecule has 0 aromatic heterocycles. The molecular weight excluding hydrogens is 292 g/mol. The van der Waals surface area contributed by atoms with Crippen LogP contribution in [-0.4, -0.2) is 28.8 Å². The summed E-state index contributed by atoms with van der Waals surface area (Å²) in [6.07, 6.45) is 1.73. The van der Waals surface area contributed by atoms with E-state index < -0.39 is 23.8 Å². The van der Waals surface area contributed by atoms with Gasteiger partial charge >= 0.3 is 6.03 Å². The van der Waals surface area contributed by atoms with Gasteiger partial charge in [0, 0.05) is 11.1 Å². The van der Waals surface area contributed by atoms with Gasteiger partial charge in [-0.25, -0.2) is 4.79 Å². The minimum absolute atomic E-state index is 0.0858. The average Bonchev–Trinajstić information content (AvgIpc) is 3.17. The van der Waals surface area contributed by atoms with Gasteiger partial charge < -0.3 is 0 Å². The van der Waals surface area contributed by atoms with Gasteiger partial charge in [-0.05, 0) is 30.0 Å². The Morgan fingerprint density at radius 3 is 2.71 bits per heavy atom. The van der Waals surface area contributed by atoms with E-state index in [1.54, 1.807) is 24.3 Å². The highest BCUT2D eigenvalue weighted by Gasteiger charge is 2.51. The zero-order valence-electron chi connectivity index (χ0n) is 11.5. The van der Waals surface area contributed by atoms with Gasteiger partial charge in [0.1, 0.15) is 5.92 Å². The van der Waals surface area contributed by atoms with Crippen molar-refractivity contribution in [1.29, 1.82) is 0 Å². The number of urea groups is 1. The Hall–Kier alpha value is -1.88. The van der Waals surface area contributed by atoms with Crippen LogP contribution in [0.25, 0.3) is 0 Å². The first-order valence-corrected chi connectivity index (χ1v) is 7.34. The van der Waals surface area contributed by atoms with Crippen LogP contribution in [0.15, 0.2) is 24.3 Å². The van der Waals surface area contributed by atoms with Gasteiger partial charge in [-0.1, -0.05) is 37.1 Å². The van der Waals surface area contributed by atoms with Crippen molar-refractivity contribution in [3.63, 3.8) is 0 Å². The Kier molecular flexibility index (Phi) is 3.45. The first kappa shape index (κ1) is 14.1. The Morgan fingerprint density at radius 2 is 2.10 bits per heavy atom. The lowest BCUT2D eigenvalue weighted by Crippen LogP contribution is -2.57. The lowest BCUT2D eigenvalue weighted by molar-refractivity contribution is -0.139. The van der Waals surface area contributed by atoms with Gasteiger partial charge in [-0.3, -0.25) is 19.8 Å². The highest BCUT2D eigenvalue weighted by molar-refractivity contribution is 6.30. The van der Waals surface area contributed by atoms with Crippen LogP contribution in [0.2, 0.25) is 5.02 Å². The molecule has 3 unspecified atom stereocenters. The van der Waals surface area contributed by atoms with Crippen LogP contribution >= 0.6 is 11.6 Å². The monoisotopic (exact) mass is 306 g/mol. The Balaban J connectivity index is 1.92. The number of halogens is 1. The molecule has 2 fully saturated rings. The van der Waals surface area contributed by atoms with Gasteiger partial charge in [-0.2, -0.15) is 0 Å². The summed E-state index contributed by atoms with van der Waals surface area (Å²) in [5.74, 6) is -1.70. The minimum atomic E-state index is -1.00. The molecular formula is C15H15ClN2O3. The average molecular weight is 307 g/mol. The predicted octanol–water partition coefficient (Wildman–Crippen LogP) is 2.30. The van der Waals surface area contributed by atoms with E-state index in [-0.39, 0.29) is 6.04 Å². The molecule has 1 aromatic rings. The zero-order valence-corrected chi connectivity index (χ0v) is 12.3. The molecule has 0 spiro atoms. The summed E-state index contributed by atoms with van der Waals surface area (Å²) in [5.41, 5.74) is 0.510. The van der Waals surface area contributed by atoms with Crippen molar-refractivity contribution in [1.82, 2.24) is 10.2 Å². The first-order chi connectivity index (χ1) is 10.0. The Labute approximate surface area is 127 Å². The smallest absolute Gasteiger partial charge is 0.277 e. The van der Waals surface area contributed by atoms with Crippen molar-refractivity contribution in [2.24, 2.45) is 5.92 Å². The summed E-state index contributed by atoms with van der Waals surface area (Å²) in [6.45, 7) is 2.02. The molecule has 5 nitrogen and oxygen atoms in total. The fraction of sp³-hybridized carbons (Fsp3) is 0.400. The molecule has 0 radical (unpaired) electrons. The first-order valence-electron chi connectivity index (χ1n) is 6.96. The normalized spacial score (nSPS) is 28.6. The maximum Gasteiger partial charge on any atom is 0.331 e. The number of nitrogens with one attached hydrogen (secondary N) is 1. The van der Waals surface area contributed by atoms with Crippen molar-refractivity contribution in [3.8, 4) is 0 Å². The van der Waals surface area contributed by atoms with Crippen LogP contribution in [-0.2, 0) is 9.59 Å². The van der Waals surface area contributed by atoms with Gasteiger partial charge in [-0.15, -0.1) is 0 Å². The molecule has 21 heavy (non-hydrogen) atoms. The van der Waals surface area contributed by atoms with E-state index in [1.807, 2.05) is 6.92 Å². The van der Waals surface area contributed by atoms with Gasteiger partial charge in [0.2, 0.25) is 11.8 Å². The Morgan fingerprint density at radius 1 is 1.33 bits per heavy atom. The molecule has 1 saturated heterocycles. The van der Waals surface area contributed by atoms with Crippen LogP contribution in [0.4, 0.5) is 4.79 Å². The van der Waals surface area contributed by atoms with E-state index >= 15 is 0 Å². The molecule has 2 aliphatic rings. The number of imide groups is 2. The number of hydrogen-bond acceptors (Lipinski definition) is 3. The van der Waals surface area contributed by atoms with E-state index in [2.05, 4.69) is 5.32 Å². The number of carbonyl (C=O) groups excluding carboxylic acids is 3. The Bertz CT molecular complexity index is 631. The molecule has 4 amide bonds. The molecule has 0 bridgehead atoms. The molecule has 110 valence electrons. The number of hydrogen-bond donors (Lipinski definition) is 1. The molecule has 3 atom stereocenters. The van der Waals surface area contributed by atoms with Crippen molar-refractivity contribution in [2.45, 2.75) is 31.7 Å². The summed E-state index contributed by atoms with van der Waals surface area (Å²) in [6, 6.07) is 5.92. The van der Waals surface area contributed by atoms with E-state index in [9.17, 15) is 14.4 Å². The molecule has 3 rings (SSSR count). The third-order valence-corrected chi connectivity index (χ3v) is 4.35. The minimum Gasteiger partial charge on any atom is -0.277 e. The molecule has 6 heteroatoms. The quantitative estimate of drug-likeness (QED) is 0.871. The molecule has 1 N–H and O–H groups in total. The van der Waals surface area contributed by atoms with Crippen LogP contribution < -0.4 is 5.32 Å². The van der Waals surface area contributed by atoms with Gasteiger partial charge in [0.05, 0.1) is 0 Å². The summed E-state index contributed by atoms with van der Waals surface area (Å²) < 4.78 is 0. The summed E-state index contributed by atoms with van der Waals surface area (Å²) in [5, 5.41) is 2.73. The third-order valence-electron chi connectivity index (χ3n) is 4.12. The fourth-order valence-electron chi connectivity index (χ4n) is 2.87. The highest BCUT2D eigenvalue weighted by atomic mass is 35.5. The van der Waals surface area contributed by atoms with E-state index in [4.69, 9.17) is 11.6 Å². The number of carbonyl (C=O) groups is 3. The van der Waals surface area contributed by atoms with E-state index in [1.165, 1.54) is 4.90 Å². The second-order valence-corrected chi connectivity index (χ2v) is 5.90. The second kappa shape index (κ2) is 5.15. The number of amides is 4. The van der Waals surface area contributed by atoms with Crippen LogP contribution in [0.1, 0.15) is 31.2 Å².